The van der Waals surface area contributed by atoms with E-state index in [4.69, 9.17) is 0 Å². The monoisotopic (exact) mass is 202 g/mol. The van der Waals surface area contributed by atoms with Crippen molar-refractivity contribution in [1.29, 1.82) is 0 Å². The number of benzene rings is 1. The molecule has 2 aromatic rings. The SMILES string of the molecule is CC(=O)c1cccc2c1ncc(=O)n2C. The number of carbonyl (C=O) groups is 1. The second-order valence-electron chi connectivity index (χ2n) is 3.38. The Balaban J connectivity index is 2.96. The molecule has 0 saturated carbocycles. The summed E-state index contributed by atoms with van der Waals surface area (Å²) in [6.45, 7) is 1.49. The molecule has 0 amide bonds. The number of para-hydroxylation sites is 1. The van der Waals surface area contributed by atoms with Crippen LogP contribution >= 0.6 is 0 Å². The van der Waals surface area contributed by atoms with Crippen molar-refractivity contribution in [3.8, 4) is 0 Å². The minimum atomic E-state index is -0.178. The number of Topliss-reactive ketones (excluding diaryl/α,β-unsaturated/α-hetero) is 1. The van der Waals surface area contributed by atoms with E-state index >= 15 is 0 Å². The van der Waals surface area contributed by atoms with Gasteiger partial charge in [-0.2, -0.15) is 0 Å². The van der Waals surface area contributed by atoms with Crippen LogP contribution in [-0.4, -0.2) is 15.3 Å². The zero-order valence-electron chi connectivity index (χ0n) is 8.52. The van der Waals surface area contributed by atoms with E-state index in [-0.39, 0.29) is 11.3 Å². The van der Waals surface area contributed by atoms with Crippen molar-refractivity contribution in [2.75, 3.05) is 0 Å². The minimum Gasteiger partial charge on any atom is -0.308 e. The predicted octanol–water partition coefficient (Wildman–Crippen LogP) is 1.14. The molecule has 0 bridgehead atoms. The molecule has 0 fully saturated rings. The smallest absolute Gasteiger partial charge is 0.269 e. The maximum Gasteiger partial charge on any atom is 0.269 e. The summed E-state index contributed by atoms with van der Waals surface area (Å²) in [5.41, 5.74) is 1.62. The van der Waals surface area contributed by atoms with Crippen LogP contribution in [0.3, 0.4) is 0 Å². The highest BCUT2D eigenvalue weighted by molar-refractivity contribution is 6.04. The normalized spacial score (nSPS) is 10.5. The van der Waals surface area contributed by atoms with Gasteiger partial charge < -0.3 is 4.57 Å². The number of nitrogens with zero attached hydrogens (tertiary/aromatic N) is 2. The Hall–Kier alpha value is -1.97. The van der Waals surface area contributed by atoms with E-state index in [1.54, 1.807) is 25.2 Å². The van der Waals surface area contributed by atoms with Crippen LogP contribution in [-0.2, 0) is 7.05 Å². The maximum absolute atomic E-state index is 11.3. The number of aryl methyl sites for hydroxylation is 1. The lowest BCUT2D eigenvalue weighted by atomic mass is 10.1. The zero-order valence-corrected chi connectivity index (χ0v) is 8.52. The number of aromatic nitrogens is 2. The molecular weight excluding hydrogens is 192 g/mol. The highest BCUT2D eigenvalue weighted by atomic mass is 16.1. The van der Waals surface area contributed by atoms with Crippen LogP contribution in [0.1, 0.15) is 17.3 Å². The summed E-state index contributed by atoms with van der Waals surface area (Å²) in [6, 6.07) is 5.23. The zero-order chi connectivity index (χ0) is 11.0. The van der Waals surface area contributed by atoms with Crippen molar-refractivity contribution in [2.24, 2.45) is 7.05 Å². The van der Waals surface area contributed by atoms with Gasteiger partial charge >= 0.3 is 0 Å². The van der Waals surface area contributed by atoms with Gasteiger partial charge in [0.2, 0.25) is 0 Å². The summed E-state index contributed by atoms with van der Waals surface area (Å²) < 4.78 is 1.48. The number of fused-ring (bicyclic) bond motifs is 1. The Morgan fingerprint density at radius 3 is 2.80 bits per heavy atom. The highest BCUT2D eigenvalue weighted by Gasteiger charge is 2.08. The van der Waals surface area contributed by atoms with Crippen molar-refractivity contribution >= 4 is 16.8 Å². The van der Waals surface area contributed by atoms with Gasteiger partial charge in [-0.25, -0.2) is 4.98 Å². The quantitative estimate of drug-likeness (QED) is 0.651. The molecule has 1 aromatic carbocycles. The first-order chi connectivity index (χ1) is 7.11. The van der Waals surface area contributed by atoms with Crippen LogP contribution in [0.25, 0.3) is 11.0 Å². The van der Waals surface area contributed by atoms with Gasteiger partial charge in [0.1, 0.15) is 0 Å². The third-order valence-electron chi connectivity index (χ3n) is 2.39. The van der Waals surface area contributed by atoms with E-state index in [0.717, 1.165) is 0 Å². The lowest BCUT2D eigenvalue weighted by Gasteiger charge is -2.05. The second-order valence-corrected chi connectivity index (χ2v) is 3.38. The molecule has 0 N–H and O–H groups in total. The van der Waals surface area contributed by atoms with Gasteiger partial charge in [0.25, 0.3) is 5.56 Å². The number of rotatable bonds is 1. The fraction of sp³-hybridized carbons (Fsp3) is 0.182. The van der Waals surface area contributed by atoms with E-state index in [0.29, 0.717) is 16.6 Å². The summed E-state index contributed by atoms with van der Waals surface area (Å²) >= 11 is 0. The van der Waals surface area contributed by atoms with Gasteiger partial charge in [0, 0.05) is 12.6 Å². The van der Waals surface area contributed by atoms with Crippen LogP contribution in [0.15, 0.2) is 29.2 Å². The largest absolute Gasteiger partial charge is 0.308 e. The molecule has 0 atom stereocenters. The first-order valence-corrected chi connectivity index (χ1v) is 4.57. The van der Waals surface area contributed by atoms with Crippen LogP contribution in [0.2, 0.25) is 0 Å². The molecule has 0 saturated heterocycles. The third kappa shape index (κ3) is 1.44. The summed E-state index contributed by atoms with van der Waals surface area (Å²) in [6.07, 6.45) is 1.23. The van der Waals surface area contributed by atoms with Gasteiger partial charge in [0.15, 0.2) is 5.78 Å². The Morgan fingerprint density at radius 2 is 2.13 bits per heavy atom. The van der Waals surface area contributed by atoms with Gasteiger partial charge in [-0.1, -0.05) is 6.07 Å². The second kappa shape index (κ2) is 3.31. The molecule has 0 spiro atoms. The fourth-order valence-electron chi connectivity index (χ4n) is 1.55. The summed E-state index contributed by atoms with van der Waals surface area (Å²) in [7, 11) is 1.66. The van der Waals surface area contributed by atoms with Crippen molar-refractivity contribution in [2.45, 2.75) is 6.92 Å². The standard InChI is InChI=1S/C11H10N2O2/c1-7(14)8-4-3-5-9-11(8)12-6-10(15)13(9)2/h3-6H,1-2H3. The van der Waals surface area contributed by atoms with Crippen LogP contribution in [0, 0.1) is 0 Å². The number of ketones is 1. The van der Waals surface area contributed by atoms with E-state index < -0.39 is 0 Å². The van der Waals surface area contributed by atoms with Crippen LogP contribution in [0.5, 0.6) is 0 Å². The molecule has 0 aliphatic rings. The summed E-state index contributed by atoms with van der Waals surface area (Å²) in [5, 5.41) is 0. The average molecular weight is 202 g/mol. The highest BCUT2D eigenvalue weighted by Crippen LogP contribution is 2.14. The van der Waals surface area contributed by atoms with E-state index in [1.807, 2.05) is 0 Å². The molecule has 4 heteroatoms. The Morgan fingerprint density at radius 1 is 1.40 bits per heavy atom. The van der Waals surface area contributed by atoms with Crippen molar-refractivity contribution < 1.29 is 4.79 Å². The predicted molar refractivity (Wildman–Crippen MR) is 57.0 cm³/mol. The molecule has 15 heavy (non-hydrogen) atoms. The van der Waals surface area contributed by atoms with Gasteiger partial charge in [-0.15, -0.1) is 0 Å². The first-order valence-electron chi connectivity index (χ1n) is 4.57. The minimum absolute atomic E-state index is 0.0493. The molecular formula is C11H10N2O2. The molecule has 4 nitrogen and oxygen atoms in total. The molecule has 1 heterocycles. The van der Waals surface area contributed by atoms with Crippen LogP contribution in [0.4, 0.5) is 0 Å². The fourth-order valence-corrected chi connectivity index (χ4v) is 1.55. The number of carbonyl (C=O) groups excluding carboxylic acids is 1. The summed E-state index contributed by atoms with van der Waals surface area (Å²) in [5.74, 6) is -0.0493. The molecule has 0 unspecified atom stereocenters. The van der Waals surface area contributed by atoms with Gasteiger partial charge in [-0.05, 0) is 19.1 Å². The topological polar surface area (TPSA) is 52.0 Å². The molecule has 2 rings (SSSR count). The Labute approximate surface area is 86.2 Å². The lowest BCUT2D eigenvalue weighted by Crippen LogP contribution is -2.17. The van der Waals surface area contributed by atoms with Crippen LogP contribution < -0.4 is 5.56 Å². The van der Waals surface area contributed by atoms with Crippen molar-refractivity contribution in [3.63, 3.8) is 0 Å². The summed E-state index contributed by atoms with van der Waals surface area (Å²) in [4.78, 5) is 26.7. The van der Waals surface area contributed by atoms with E-state index in [9.17, 15) is 9.59 Å². The molecule has 0 radical (unpaired) electrons. The van der Waals surface area contributed by atoms with Gasteiger partial charge in [0.05, 0.1) is 17.2 Å². The molecule has 0 aliphatic heterocycles. The first kappa shape index (κ1) is 9.58. The van der Waals surface area contributed by atoms with E-state index in [2.05, 4.69) is 4.98 Å². The van der Waals surface area contributed by atoms with Gasteiger partial charge in [-0.3, -0.25) is 9.59 Å². The number of hydrogen-bond acceptors (Lipinski definition) is 3. The molecule has 1 aromatic heterocycles. The third-order valence-corrected chi connectivity index (χ3v) is 2.39. The molecule has 0 aliphatic carbocycles. The molecule has 76 valence electrons. The Bertz CT molecular complexity index is 599. The number of hydrogen-bond donors (Lipinski definition) is 0. The van der Waals surface area contributed by atoms with Crippen molar-refractivity contribution in [1.82, 2.24) is 9.55 Å². The lowest BCUT2D eigenvalue weighted by molar-refractivity contribution is 0.101. The van der Waals surface area contributed by atoms with E-state index in [1.165, 1.54) is 17.7 Å². The Kier molecular flexibility index (Phi) is 2.11. The average Bonchev–Trinajstić information content (AvgIpc) is 2.23. The van der Waals surface area contributed by atoms with Crippen molar-refractivity contribution in [3.05, 3.63) is 40.3 Å². The maximum atomic E-state index is 11.3.